The smallest absolute Gasteiger partial charge is 0.346 e. The lowest BCUT2D eigenvalue weighted by molar-refractivity contribution is -0.154. The number of benzene rings is 1. The standard InChI is InChI=1S/C20H23F2N3O7S/c1-11-16(10-24(23-11)19(21)22)33(29,30)25-9-15(18(27)28)31-14-6-5-12(7-13(14)25)8-17(26)32-20(2,3)4/h5-7,10,15,19H,8-9H2,1-4H3,(H,27,28)/t15-/m1/s1. The Morgan fingerprint density at radius 1 is 1.33 bits per heavy atom. The third-order valence-electron chi connectivity index (χ3n) is 4.58. The fourth-order valence-corrected chi connectivity index (χ4v) is 4.87. The number of sulfonamides is 1. The maximum Gasteiger partial charge on any atom is 0.346 e. The summed E-state index contributed by atoms with van der Waals surface area (Å²) in [6.07, 6.45) is -1.03. The highest BCUT2D eigenvalue weighted by molar-refractivity contribution is 7.92. The first kappa shape index (κ1) is 24.4. The molecule has 0 radical (unpaired) electrons. The number of carboxylic acids is 1. The lowest BCUT2D eigenvalue weighted by Crippen LogP contribution is -2.47. The molecule has 1 aromatic heterocycles. The minimum Gasteiger partial charge on any atom is -0.478 e. The van der Waals surface area contributed by atoms with Gasteiger partial charge < -0.3 is 14.6 Å². The molecule has 1 N–H and O–H groups in total. The number of aryl methyl sites for hydroxylation is 1. The Balaban J connectivity index is 2.05. The molecule has 0 amide bonds. The molecular formula is C20H23F2N3O7S. The van der Waals surface area contributed by atoms with Crippen LogP contribution in [0.1, 0.15) is 38.6 Å². The summed E-state index contributed by atoms with van der Waals surface area (Å²) < 4.78 is 64.5. The largest absolute Gasteiger partial charge is 0.478 e. The number of carbonyl (C=O) groups is 2. The number of rotatable bonds is 6. The second-order valence-corrected chi connectivity index (χ2v) is 10.2. The normalized spacial score (nSPS) is 16.3. The predicted octanol–water partition coefficient (Wildman–Crippen LogP) is 2.51. The maximum absolute atomic E-state index is 13.4. The van der Waals surface area contributed by atoms with Crippen LogP contribution in [-0.2, 0) is 30.8 Å². The van der Waals surface area contributed by atoms with E-state index in [0.717, 1.165) is 4.31 Å². The molecule has 0 unspecified atom stereocenters. The van der Waals surface area contributed by atoms with Crippen LogP contribution in [0.5, 0.6) is 5.75 Å². The summed E-state index contributed by atoms with van der Waals surface area (Å²) in [5.74, 6) is -2.01. The van der Waals surface area contributed by atoms with E-state index >= 15 is 0 Å². The zero-order valence-electron chi connectivity index (χ0n) is 18.3. The SMILES string of the molecule is Cc1nn(C(F)F)cc1S(=O)(=O)N1C[C@H](C(=O)O)Oc2ccc(CC(=O)OC(C)(C)C)cc21. The molecule has 2 aromatic rings. The van der Waals surface area contributed by atoms with E-state index < -0.39 is 51.7 Å². The van der Waals surface area contributed by atoms with Gasteiger partial charge in [0.1, 0.15) is 16.2 Å². The van der Waals surface area contributed by atoms with Gasteiger partial charge in [0.05, 0.1) is 30.5 Å². The zero-order valence-corrected chi connectivity index (χ0v) is 19.1. The number of hydrogen-bond acceptors (Lipinski definition) is 7. The van der Waals surface area contributed by atoms with Crippen molar-refractivity contribution >= 4 is 27.6 Å². The van der Waals surface area contributed by atoms with Crippen LogP contribution in [0, 0.1) is 6.92 Å². The van der Waals surface area contributed by atoms with Crippen LogP contribution in [0.25, 0.3) is 0 Å². The molecule has 0 fully saturated rings. The van der Waals surface area contributed by atoms with Gasteiger partial charge in [-0.15, -0.1) is 0 Å². The number of anilines is 1. The van der Waals surface area contributed by atoms with E-state index in [1.165, 1.54) is 25.1 Å². The fraction of sp³-hybridized carbons (Fsp3) is 0.450. The van der Waals surface area contributed by atoms with Gasteiger partial charge in [-0.05, 0) is 45.4 Å². The van der Waals surface area contributed by atoms with E-state index in [2.05, 4.69) is 5.10 Å². The minimum absolute atomic E-state index is 0.0299. The van der Waals surface area contributed by atoms with Gasteiger partial charge in [0.25, 0.3) is 10.0 Å². The number of ether oxygens (including phenoxy) is 2. The van der Waals surface area contributed by atoms with Crippen LogP contribution < -0.4 is 9.04 Å². The molecule has 1 aliphatic heterocycles. The van der Waals surface area contributed by atoms with Gasteiger partial charge in [-0.25, -0.2) is 17.9 Å². The molecule has 3 rings (SSSR count). The molecule has 0 bridgehead atoms. The van der Waals surface area contributed by atoms with E-state index in [4.69, 9.17) is 9.47 Å². The fourth-order valence-electron chi connectivity index (χ4n) is 3.24. The summed E-state index contributed by atoms with van der Waals surface area (Å²) in [5.41, 5.74) is -0.542. The van der Waals surface area contributed by atoms with Crippen LogP contribution in [0.4, 0.5) is 14.5 Å². The highest BCUT2D eigenvalue weighted by Gasteiger charge is 2.39. The van der Waals surface area contributed by atoms with Crippen molar-refractivity contribution < 1.29 is 41.4 Å². The van der Waals surface area contributed by atoms with Crippen molar-refractivity contribution in [2.75, 3.05) is 10.8 Å². The van der Waals surface area contributed by atoms with Gasteiger partial charge in [0.2, 0.25) is 6.10 Å². The van der Waals surface area contributed by atoms with Crippen molar-refractivity contribution in [3.05, 3.63) is 35.7 Å². The molecule has 1 aliphatic rings. The predicted molar refractivity (Wildman–Crippen MR) is 111 cm³/mol. The Morgan fingerprint density at radius 2 is 2.00 bits per heavy atom. The van der Waals surface area contributed by atoms with Crippen LogP contribution >= 0.6 is 0 Å². The van der Waals surface area contributed by atoms with E-state index in [9.17, 15) is 31.9 Å². The third kappa shape index (κ3) is 5.24. The number of aromatic nitrogens is 2. The van der Waals surface area contributed by atoms with Gasteiger partial charge in [-0.1, -0.05) is 6.07 Å². The monoisotopic (exact) mass is 487 g/mol. The van der Waals surface area contributed by atoms with Crippen molar-refractivity contribution in [1.29, 1.82) is 0 Å². The Morgan fingerprint density at radius 3 is 2.55 bits per heavy atom. The molecular weight excluding hydrogens is 464 g/mol. The van der Waals surface area contributed by atoms with Crippen LogP contribution in [-0.4, -0.2) is 53.5 Å². The first-order valence-corrected chi connectivity index (χ1v) is 11.2. The van der Waals surface area contributed by atoms with Gasteiger partial charge in [-0.3, -0.25) is 9.10 Å². The quantitative estimate of drug-likeness (QED) is 0.616. The first-order chi connectivity index (χ1) is 15.2. The molecule has 1 aromatic carbocycles. The molecule has 10 nitrogen and oxygen atoms in total. The van der Waals surface area contributed by atoms with Crippen LogP contribution in [0.15, 0.2) is 29.3 Å². The van der Waals surface area contributed by atoms with E-state index in [-0.39, 0.29) is 28.2 Å². The van der Waals surface area contributed by atoms with Gasteiger partial charge in [-0.2, -0.15) is 13.9 Å². The number of esters is 1. The first-order valence-electron chi connectivity index (χ1n) is 9.80. The number of hydrogen-bond donors (Lipinski definition) is 1. The Kier molecular flexibility index (Phi) is 6.37. The molecule has 0 saturated carbocycles. The number of halogens is 2. The molecule has 0 saturated heterocycles. The molecule has 0 spiro atoms. The van der Waals surface area contributed by atoms with Crippen molar-refractivity contribution in [3.8, 4) is 5.75 Å². The summed E-state index contributed by atoms with van der Waals surface area (Å²) in [6, 6.07) is 4.20. The highest BCUT2D eigenvalue weighted by Crippen LogP contribution is 2.38. The minimum atomic E-state index is -4.50. The number of fused-ring (bicyclic) bond motifs is 1. The van der Waals surface area contributed by atoms with Crippen molar-refractivity contribution in [1.82, 2.24) is 9.78 Å². The Labute approximate surface area is 188 Å². The average Bonchev–Trinajstić information content (AvgIpc) is 3.08. The van der Waals surface area contributed by atoms with Gasteiger partial charge in [0.15, 0.2) is 0 Å². The summed E-state index contributed by atoms with van der Waals surface area (Å²) in [5, 5.41) is 12.9. The third-order valence-corrected chi connectivity index (χ3v) is 6.46. The average molecular weight is 487 g/mol. The summed E-state index contributed by atoms with van der Waals surface area (Å²) >= 11 is 0. The molecule has 1 atom stereocenters. The van der Waals surface area contributed by atoms with Crippen molar-refractivity contribution in [3.63, 3.8) is 0 Å². The highest BCUT2D eigenvalue weighted by atomic mass is 32.2. The zero-order chi connectivity index (χ0) is 24.7. The summed E-state index contributed by atoms with van der Waals surface area (Å²) in [6.45, 7) is 2.69. The number of carbonyl (C=O) groups excluding carboxylic acids is 1. The van der Waals surface area contributed by atoms with E-state index in [0.29, 0.717) is 11.8 Å². The van der Waals surface area contributed by atoms with E-state index in [1.54, 1.807) is 20.8 Å². The molecule has 33 heavy (non-hydrogen) atoms. The second-order valence-electron chi connectivity index (χ2n) is 8.38. The van der Waals surface area contributed by atoms with Crippen LogP contribution in [0.3, 0.4) is 0 Å². The maximum atomic E-state index is 13.4. The molecule has 13 heteroatoms. The second kappa shape index (κ2) is 8.61. The van der Waals surface area contributed by atoms with Crippen molar-refractivity contribution in [2.45, 2.75) is 57.3 Å². The van der Waals surface area contributed by atoms with Crippen LogP contribution in [0.2, 0.25) is 0 Å². The molecule has 2 heterocycles. The van der Waals surface area contributed by atoms with E-state index in [1.807, 2.05) is 0 Å². The van der Waals surface area contributed by atoms with Gasteiger partial charge >= 0.3 is 18.5 Å². The molecule has 180 valence electrons. The lowest BCUT2D eigenvalue weighted by atomic mass is 10.1. The molecule has 0 aliphatic carbocycles. The Bertz CT molecular complexity index is 1190. The number of nitrogens with zero attached hydrogens (tertiary/aromatic N) is 3. The van der Waals surface area contributed by atoms with Gasteiger partial charge in [0, 0.05) is 0 Å². The van der Waals surface area contributed by atoms with Crippen molar-refractivity contribution in [2.24, 2.45) is 0 Å². The number of aliphatic carboxylic acids is 1. The Hall–Kier alpha value is -3.22. The number of carboxylic acid groups (broad SMARTS) is 1. The number of alkyl halides is 2. The lowest BCUT2D eigenvalue weighted by Gasteiger charge is -2.34. The topological polar surface area (TPSA) is 128 Å². The summed E-state index contributed by atoms with van der Waals surface area (Å²) in [7, 11) is -4.50. The summed E-state index contributed by atoms with van der Waals surface area (Å²) in [4.78, 5) is 23.3.